The van der Waals surface area contributed by atoms with Crippen molar-refractivity contribution in [1.29, 1.82) is 0 Å². The van der Waals surface area contributed by atoms with E-state index in [4.69, 9.17) is 14.2 Å². The Morgan fingerprint density at radius 3 is 2.37 bits per heavy atom. The molecule has 0 spiro atoms. The van der Waals surface area contributed by atoms with Crippen LogP contribution < -0.4 is 19.6 Å². The molecular weight excluding hydrogens is 384 g/mol. The molecular formula is C23H22N2O5. The second kappa shape index (κ2) is 10.5. The Balaban J connectivity index is 1.43. The molecule has 3 aromatic rings. The number of aromatic hydroxyl groups is 1. The molecule has 7 heteroatoms. The van der Waals surface area contributed by atoms with E-state index < -0.39 is 5.91 Å². The van der Waals surface area contributed by atoms with Crippen molar-refractivity contribution in [2.75, 3.05) is 13.7 Å². The summed E-state index contributed by atoms with van der Waals surface area (Å²) in [5.41, 5.74) is 3.84. The van der Waals surface area contributed by atoms with Crippen molar-refractivity contribution in [3.8, 4) is 23.0 Å². The number of carbonyl (C=O) groups is 1. The van der Waals surface area contributed by atoms with Crippen molar-refractivity contribution in [2.45, 2.75) is 6.61 Å². The molecule has 30 heavy (non-hydrogen) atoms. The molecule has 0 aliphatic rings. The van der Waals surface area contributed by atoms with Gasteiger partial charge in [-0.25, -0.2) is 5.43 Å². The summed E-state index contributed by atoms with van der Waals surface area (Å²) < 4.78 is 16.2. The fourth-order valence-corrected chi connectivity index (χ4v) is 2.54. The number of ether oxygens (including phenoxy) is 3. The molecule has 7 nitrogen and oxygen atoms in total. The highest BCUT2D eigenvalue weighted by atomic mass is 16.5. The van der Waals surface area contributed by atoms with Gasteiger partial charge in [0.1, 0.15) is 18.1 Å². The fourth-order valence-electron chi connectivity index (χ4n) is 2.54. The predicted molar refractivity (Wildman–Crippen MR) is 113 cm³/mol. The molecule has 0 fully saturated rings. The minimum Gasteiger partial charge on any atom is -0.504 e. The molecule has 0 saturated heterocycles. The van der Waals surface area contributed by atoms with E-state index in [1.165, 1.54) is 13.3 Å². The molecule has 0 aromatic heterocycles. The molecule has 0 atom stereocenters. The Hall–Kier alpha value is -4.00. The van der Waals surface area contributed by atoms with Crippen LogP contribution in [0.3, 0.4) is 0 Å². The Kier molecular flexibility index (Phi) is 7.27. The number of hydrazone groups is 1. The summed E-state index contributed by atoms with van der Waals surface area (Å²) >= 11 is 0. The van der Waals surface area contributed by atoms with Crippen LogP contribution in [0.1, 0.15) is 11.1 Å². The second-order valence-corrected chi connectivity index (χ2v) is 6.23. The highest BCUT2D eigenvalue weighted by Crippen LogP contribution is 2.27. The topological polar surface area (TPSA) is 89.4 Å². The molecule has 2 N–H and O–H groups in total. The monoisotopic (exact) mass is 406 g/mol. The van der Waals surface area contributed by atoms with Crippen LogP contribution in [0.15, 0.2) is 77.9 Å². The van der Waals surface area contributed by atoms with Gasteiger partial charge in [-0.1, -0.05) is 36.4 Å². The Morgan fingerprint density at radius 2 is 1.67 bits per heavy atom. The van der Waals surface area contributed by atoms with E-state index >= 15 is 0 Å². The van der Waals surface area contributed by atoms with Crippen LogP contribution in [-0.4, -0.2) is 30.9 Å². The summed E-state index contributed by atoms with van der Waals surface area (Å²) in [6, 6.07) is 21.9. The van der Waals surface area contributed by atoms with E-state index in [-0.39, 0.29) is 12.4 Å². The molecule has 3 aromatic carbocycles. The van der Waals surface area contributed by atoms with Gasteiger partial charge < -0.3 is 19.3 Å². The first-order valence-corrected chi connectivity index (χ1v) is 9.23. The third-order valence-electron chi connectivity index (χ3n) is 4.09. The quantitative estimate of drug-likeness (QED) is 0.419. The Bertz CT molecular complexity index is 988. The summed E-state index contributed by atoms with van der Waals surface area (Å²) in [5.74, 6) is 1.08. The number of benzene rings is 3. The van der Waals surface area contributed by atoms with Gasteiger partial charge in [0.15, 0.2) is 18.1 Å². The Morgan fingerprint density at radius 1 is 0.967 bits per heavy atom. The summed E-state index contributed by atoms with van der Waals surface area (Å²) in [7, 11) is 1.46. The fraction of sp³-hybridized carbons (Fsp3) is 0.130. The lowest BCUT2D eigenvalue weighted by molar-refractivity contribution is -0.123. The first kappa shape index (κ1) is 20.7. The van der Waals surface area contributed by atoms with Gasteiger partial charge in [0.2, 0.25) is 0 Å². The number of nitrogens with zero attached hydrogens (tertiary/aromatic N) is 1. The lowest BCUT2D eigenvalue weighted by Gasteiger charge is -2.08. The van der Waals surface area contributed by atoms with Gasteiger partial charge in [0, 0.05) is 5.56 Å². The van der Waals surface area contributed by atoms with Gasteiger partial charge >= 0.3 is 0 Å². The van der Waals surface area contributed by atoms with Crippen LogP contribution in [0.5, 0.6) is 23.0 Å². The van der Waals surface area contributed by atoms with Crippen LogP contribution in [0.25, 0.3) is 0 Å². The molecule has 154 valence electrons. The van der Waals surface area contributed by atoms with Gasteiger partial charge in [-0.05, 0) is 42.0 Å². The number of methoxy groups -OCH3 is 1. The number of phenolic OH excluding ortho intramolecular Hbond substituents is 1. The Labute approximate surface area is 174 Å². The van der Waals surface area contributed by atoms with Crippen molar-refractivity contribution in [2.24, 2.45) is 5.10 Å². The van der Waals surface area contributed by atoms with E-state index in [1.807, 2.05) is 30.3 Å². The van der Waals surface area contributed by atoms with Gasteiger partial charge in [0.05, 0.1) is 13.3 Å². The lowest BCUT2D eigenvalue weighted by atomic mass is 10.2. The zero-order chi connectivity index (χ0) is 21.2. The molecule has 0 unspecified atom stereocenters. The van der Waals surface area contributed by atoms with Crippen LogP contribution in [0, 0.1) is 0 Å². The van der Waals surface area contributed by atoms with Gasteiger partial charge in [-0.3, -0.25) is 4.79 Å². The minimum absolute atomic E-state index is 0.0520. The maximum absolute atomic E-state index is 11.9. The molecule has 0 aliphatic carbocycles. The average Bonchev–Trinajstić information content (AvgIpc) is 2.79. The van der Waals surface area contributed by atoms with Crippen molar-refractivity contribution in [3.63, 3.8) is 0 Å². The van der Waals surface area contributed by atoms with E-state index in [0.29, 0.717) is 29.4 Å². The second-order valence-electron chi connectivity index (χ2n) is 6.23. The van der Waals surface area contributed by atoms with Crippen LogP contribution in [0.2, 0.25) is 0 Å². The highest BCUT2D eigenvalue weighted by molar-refractivity contribution is 5.86. The van der Waals surface area contributed by atoms with Crippen LogP contribution in [0.4, 0.5) is 0 Å². The van der Waals surface area contributed by atoms with Crippen molar-refractivity contribution in [1.82, 2.24) is 5.43 Å². The summed E-state index contributed by atoms with van der Waals surface area (Å²) in [5, 5.41) is 13.8. The molecule has 1 amide bonds. The standard InChI is InChI=1S/C23H22N2O5/c1-28-21-9-5-8-18(23(21)27)14-24-25-22(26)16-30-20-12-10-19(11-13-20)29-15-17-6-3-2-4-7-17/h2-14,27H,15-16H2,1H3,(H,25,26)/b24-14+. The average molecular weight is 406 g/mol. The predicted octanol–water partition coefficient (Wildman–Crippen LogP) is 3.51. The van der Waals surface area contributed by atoms with Gasteiger partial charge in [0.25, 0.3) is 5.91 Å². The number of hydrogen-bond donors (Lipinski definition) is 2. The molecule has 0 heterocycles. The largest absolute Gasteiger partial charge is 0.504 e. The zero-order valence-corrected chi connectivity index (χ0v) is 16.4. The van der Waals surface area contributed by atoms with E-state index in [1.54, 1.807) is 42.5 Å². The van der Waals surface area contributed by atoms with E-state index in [0.717, 1.165) is 5.56 Å². The number of carbonyl (C=O) groups excluding carboxylic acids is 1. The van der Waals surface area contributed by atoms with Gasteiger partial charge in [-0.2, -0.15) is 5.10 Å². The normalized spacial score (nSPS) is 10.6. The van der Waals surface area contributed by atoms with Crippen molar-refractivity contribution < 1.29 is 24.1 Å². The number of amides is 1. The first-order chi connectivity index (χ1) is 14.7. The van der Waals surface area contributed by atoms with E-state index in [9.17, 15) is 9.90 Å². The molecule has 0 saturated carbocycles. The highest BCUT2D eigenvalue weighted by Gasteiger charge is 2.06. The number of phenols is 1. The number of para-hydroxylation sites is 1. The maximum atomic E-state index is 11.9. The van der Waals surface area contributed by atoms with Crippen molar-refractivity contribution >= 4 is 12.1 Å². The summed E-state index contributed by atoms with van der Waals surface area (Å²) in [4.78, 5) is 11.9. The zero-order valence-electron chi connectivity index (χ0n) is 16.4. The smallest absolute Gasteiger partial charge is 0.277 e. The number of hydrogen-bond acceptors (Lipinski definition) is 6. The maximum Gasteiger partial charge on any atom is 0.277 e. The van der Waals surface area contributed by atoms with E-state index in [2.05, 4.69) is 10.5 Å². The van der Waals surface area contributed by atoms with Crippen LogP contribution >= 0.6 is 0 Å². The lowest BCUT2D eigenvalue weighted by Crippen LogP contribution is -2.24. The minimum atomic E-state index is -0.432. The molecule has 0 aliphatic heterocycles. The van der Waals surface area contributed by atoms with Crippen LogP contribution in [-0.2, 0) is 11.4 Å². The molecule has 0 radical (unpaired) electrons. The first-order valence-electron chi connectivity index (χ1n) is 9.23. The van der Waals surface area contributed by atoms with Gasteiger partial charge in [-0.15, -0.1) is 0 Å². The molecule has 0 bridgehead atoms. The number of nitrogens with one attached hydrogen (secondary N) is 1. The molecule has 3 rings (SSSR count). The van der Waals surface area contributed by atoms with Crippen molar-refractivity contribution in [3.05, 3.63) is 83.9 Å². The number of rotatable bonds is 9. The summed E-state index contributed by atoms with van der Waals surface area (Å²) in [6.07, 6.45) is 1.33. The third-order valence-corrected chi connectivity index (χ3v) is 4.09. The summed E-state index contributed by atoms with van der Waals surface area (Å²) in [6.45, 7) is 0.274. The SMILES string of the molecule is COc1cccc(/C=N/NC(=O)COc2ccc(OCc3ccccc3)cc2)c1O. The third kappa shape index (κ3) is 6.00.